The first-order valence-corrected chi connectivity index (χ1v) is 9.27. The maximum absolute atomic E-state index is 10.6. The number of nitrogens with zero attached hydrogens (tertiary/aromatic N) is 1. The third-order valence-corrected chi connectivity index (χ3v) is 4.20. The van der Waals surface area contributed by atoms with Crippen molar-refractivity contribution in [2.45, 2.75) is 33.1 Å². The Balaban J connectivity index is 2.41. The number of carbonyl (C=O) groups is 1. The van der Waals surface area contributed by atoms with E-state index in [2.05, 4.69) is 67.1 Å². The minimum atomic E-state index is -0.724. The van der Waals surface area contributed by atoms with Gasteiger partial charge in [-0.1, -0.05) is 56.0 Å². The molecule has 0 aromatic heterocycles. The van der Waals surface area contributed by atoms with Crippen molar-refractivity contribution in [1.82, 2.24) is 10.2 Å². The summed E-state index contributed by atoms with van der Waals surface area (Å²) in [6, 6.07) is 10.4. The van der Waals surface area contributed by atoms with E-state index in [9.17, 15) is 4.79 Å². The lowest BCUT2D eigenvalue weighted by molar-refractivity contribution is -0.137. The van der Waals surface area contributed by atoms with E-state index in [-0.39, 0.29) is 6.42 Å². The molecular weight excluding hydrogens is 324 g/mol. The first-order chi connectivity index (χ1) is 12.5. The van der Waals surface area contributed by atoms with Crippen molar-refractivity contribution in [3.63, 3.8) is 0 Å². The second-order valence-electron chi connectivity index (χ2n) is 6.32. The molecule has 0 heterocycles. The summed E-state index contributed by atoms with van der Waals surface area (Å²) in [6.07, 6.45) is 7.90. The summed E-state index contributed by atoms with van der Waals surface area (Å²) in [5.41, 5.74) is 3.57. The van der Waals surface area contributed by atoms with Gasteiger partial charge in [0.2, 0.25) is 0 Å². The number of aliphatic carboxylic acids is 1. The second-order valence-corrected chi connectivity index (χ2v) is 6.32. The van der Waals surface area contributed by atoms with Gasteiger partial charge in [0.05, 0.1) is 0 Å². The maximum Gasteiger partial charge on any atom is 0.303 e. The molecule has 4 heteroatoms. The fraction of sp³-hybridized carbons (Fsp3) is 0.409. The average Bonchev–Trinajstić information content (AvgIpc) is 2.64. The molecule has 0 spiro atoms. The molecular formula is C22H32N2O2. The summed E-state index contributed by atoms with van der Waals surface area (Å²) in [5, 5.41) is 12.1. The Kier molecular flexibility index (Phi) is 10.8. The monoisotopic (exact) mass is 356 g/mol. The zero-order valence-corrected chi connectivity index (χ0v) is 16.1. The van der Waals surface area contributed by atoms with Crippen molar-refractivity contribution in [2.24, 2.45) is 0 Å². The first-order valence-electron chi connectivity index (χ1n) is 9.27. The largest absolute Gasteiger partial charge is 0.481 e. The molecule has 0 fully saturated rings. The molecule has 0 aliphatic rings. The molecule has 26 heavy (non-hydrogen) atoms. The number of allylic oxidation sites excluding steroid dienone is 5. The van der Waals surface area contributed by atoms with Crippen molar-refractivity contribution in [1.29, 1.82) is 0 Å². The number of rotatable bonds is 13. The Morgan fingerprint density at radius 3 is 2.58 bits per heavy atom. The van der Waals surface area contributed by atoms with Gasteiger partial charge in [-0.05, 0) is 50.1 Å². The van der Waals surface area contributed by atoms with Crippen molar-refractivity contribution >= 4 is 5.97 Å². The van der Waals surface area contributed by atoms with E-state index in [1.807, 2.05) is 12.1 Å². The van der Waals surface area contributed by atoms with E-state index in [4.69, 9.17) is 5.11 Å². The molecule has 0 amide bonds. The Labute approximate surface area is 157 Å². The number of carboxylic acid groups (broad SMARTS) is 1. The summed E-state index contributed by atoms with van der Waals surface area (Å²) in [5.74, 6) is -0.724. The molecule has 0 aliphatic heterocycles. The molecule has 0 atom stereocenters. The number of benzene rings is 1. The van der Waals surface area contributed by atoms with Gasteiger partial charge < -0.3 is 15.3 Å². The summed E-state index contributed by atoms with van der Waals surface area (Å²) >= 11 is 0. The van der Waals surface area contributed by atoms with Gasteiger partial charge in [0.25, 0.3) is 0 Å². The molecule has 4 nitrogen and oxygen atoms in total. The van der Waals surface area contributed by atoms with Crippen molar-refractivity contribution < 1.29 is 9.90 Å². The third-order valence-electron chi connectivity index (χ3n) is 4.20. The van der Waals surface area contributed by atoms with Crippen LogP contribution in [0.2, 0.25) is 0 Å². The quantitative estimate of drug-likeness (QED) is 0.524. The summed E-state index contributed by atoms with van der Waals surface area (Å²) in [4.78, 5) is 12.9. The molecule has 0 saturated heterocycles. The molecule has 1 aromatic rings. The van der Waals surface area contributed by atoms with Crippen LogP contribution < -0.4 is 5.32 Å². The highest BCUT2D eigenvalue weighted by Gasteiger charge is 2.03. The van der Waals surface area contributed by atoms with Crippen LogP contribution in [-0.2, 0) is 11.2 Å². The molecule has 0 saturated carbocycles. The zero-order valence-electron chi connectivity index (χ0n) is 16.1. The number of carboxylic acids is 1. The molecule has 0 aliphatic carbocycles. The zero-order chi connectivity index (χ0) is 19.2. The van der Waals surface area contributed by atoms with Crippen LogP contribution in [0.15, 0.2) is 66.4 Å². The van der Waals surface area contributed by atoms with Gasteiger partial charge in [0.1, 0.15) is 0 Å². The fourth-order valence-electron chi connectivity index (χ4n) is 2.61. The first kappa shape index (κ1) is 21.7. The Morgan fingerprint density at radius 2 is 1.96 bits per heavy atom. The molecule has 1 aromatic carbocycles. The van der Waals surface area contributed by atoms with Gasteiger partial charge in [-0.25, -0.2) is 0 Å². The van der Waals surface area contributed by atoms with Crippen LogP contribution in [0.5, 0.6) is 0 Å². The molecule has 0 unspecified atom stereocenters. The lowest BCUT2D eigenvalue weighted by Gasteiger charge is -2.20. The lowest BCUT2D eigenvalue weighted by atomic mass is 10.0. The van der Waals surface area contributed by atoms with Crippen LogP contribution in [-0.4, -0.2) is 42.2 Å². The van der Waals surface area contributed by atoms with E-state index in [1.54, 1.807) is 0 Å². The fourth-order valence-corrected chi connectivity index (χ4v) is 2.61. The van der Waals surface area contributed by atoms with Gasteiger partial charge in [-0.2, -0.15) is 0 Å². The summed E-state index contributed by atoms with van der Waals surface area (Å²) < 4.78 is 0. The minimum Gasteiger partial charge on any atom is -0.481 e. The van der Waals surface area contributed by atoms with Crippen LogP contribution in [0, 0.1) is 0 Å². The Bertz CT molecular complexity index is 606. The SMILES string of the molecule is C=C/C(=C\C=C(/C)NCCN(CC)CCCC(=O)O)Cc1ccccc1. The summed E-state index contributed by atoms with van der Waals surface area (Å²) in [7, 11) is 0. The van der Waals surface area contributed by atoms with Gasteiger partial charge in [0, 0.05) is 25.2 Å². The van der Waals surface area contributed by atoms with Crippen molar-refractivity contribution in [3.05, 3.63) is 72.0 Å². The van der Waals surface area contributed by atoms with E-state index in [1.165, 1.54) is 11.1 Å². The third kappa shape index (κ3) is 9.84. The number of hydrogen-bond acceptors (Lipinski definition) is 3. The predicted molar refractivity (Wildman–Crippen MR) is 109 cm³/mol. The van der Waals surface area contributed by atoms with E-state index >= 15 is 0 Å². The van der Waals surface area contributed by atoms with Crippen LogP contribution in [0.3, 0.4) is 0 Å². The molecule has 1 rings (SSSR count). The van der Waals surface area contributed by atoms with Crippen LogP contribution in [0.1, 0.15) is 32.3 Å². The van der Waals surface area contributed by atoms with E-state index in [0.717, 1.165) is 38.3 Å². The van der Waals surface area contributed by atoms with Gasteiger partial charge in [-0.15, -0.1) is 0 Å². The molecule has 142 valence electrons. The van der Waals surface area contributed by atoms with Crippen LogP contribution in [0.25, 0.3) is 0 Å². The second kappa shape index (κ2) is 13.0. The molecule has 0 radical (unpaired) electrons. The normalized spacial score (nSPS) is 12.3. The van der Waals surface area contributed by atoms with Gasteiger partial charge in [-0.3, -0.25) is 4.79 Å². The topological polar surface area (TPSA) is 52.6 Å². The van der Waals surface area contributed by atoms with Crippen molar-refractivity contribution in [3.8, 4) is 0 Å². The van der Waals surface area contributed by atoms with E-state index < -0.39 is 5.97 Å². The lowest BCUT2D eigenvalue weighted by Crippen LogP contribution is -2.32. The highest BCUT2D eigenvalue weighted by Crippen LogP contribution is 2.09. The molecule has 0 bridgehead atoms. The summed E-state index contributed by atoms with van der Waals surface area (Å²) in [6.45, 7) is 11.6. The highest BCUT2D eigenvalue weighted by atomic mass is 16.4. The Hall–Kier alpha value is -2.33. The standard InChI is InChI=1S/C22H32N2O2/c1-4-20(18-21-10-7-6-8-11-21)14-13-19(3)23-15-17-24(5-2)16-9-12-22(25)26/h4,6-8,10-11,13-14,23H,1,5,9,12,15-18H2,2-3H3,(H,25,26)/b19-13+,20-14+. The Morgan fingerprint density at radius 1 is 1.23 bits per heavy atom. The highest BCUT2D eigenvalue weighted by molar-refractivity contribution is 5.66. The van der Waals surface area contributed by atoms with Crippen LogP contribution in [0.4, 0.5) is 0 Å². The predicted octanol–water partition coefficient (Wildman–Crippen LogP) is 4.02. The smallest absolute Gasteiger partial charge is 0.303 e. The minimum absolute atomic E-state index is 0.236. The maximum atomic E-state index is 10.6. The number of likely N-dealkylation sites (N-methyl/N-ethyl adjacent to an activating group) is 1. The van der Waals surface area contributed by atoms with Crippen molar-refractivity contribution in [2.75, 3.05) is 26.2 Å². The molecule has 2 N–H and O–H groups in total. The number of nitrogens with one attached hydrogen (secondary N) is 1. The van der Waals surface area contributed by atoms with Gasteiger partial charge in [0.15, 0.2) is 0 Å². The van der Waals surface area contributed by atoms with Crippen LogP contribution >= 0.6 is 0 Å². The van der Waals surface area contributed by atoms with E-state index in [0.29, 0.717) is 6.42 Å². The van der Waals surface area contributed by atoms with Gasteiger partial charge >= 0.3 is 5.97 Å². The number of hydrogen-bond donors (Lipinski definition) is 2. The average molecular weight is 357 g/mol.